The molecule has 0 radical (unpaired) electrons. The summed E-state index contributed by atoms with van der Waals surface area (Å²) in [5.74, 6) is 0.863. The van der Waals surface area contributed by atoms with E-state index in [4.69, 9.17) is 5.73 Å². The summed E-state index contributed by atoms with van der Waals surface area (Å²) in [5, 5.41) is 7.72. The molecular formula is C13H20N6. The molecule has 19 heavy (non-hydrogen) atoms. The molecule has 2 aromatic rings. The lowest BCUT2D eigenvalue weighted by Crippen LogP contribution is -2.10. The Hall–Kier alpha value is -2.11. The van der Waals surface area contributed by atoms with Crippen LogP contribution in [0.15, 0.2) is 12.4 Å². The Morgan fingerprint density at radius 1 is 1.26 bits per heavy atom. The zero-order chi connectivity index (χ0) is 13.8. The third-order valence-corrected chi connectivity index (χ3v) is 2.88. The molecule has 2 aromatic heterocycles. The lowest BCUT2D eigenvalue weighted by atomic mass is 10.3. The zero-order valence-electron chi connectivity index (χ0n) is 11.6. The first-order chi connectivity index (χ1) is 9.11. The number of hydrogen-bond acceptors (Lipinski definition) is 5. The molecule has 0 atom stereocenters. The summed E-state index contributed by atoms with van der Waals surface area (Å²) in [7, 11) is 0. The van der Waals surface area contributed by atoms with Gasteiger partial charge in [-0.25, -0.2) is 4.68 Å². The number of nitrogen functional groups attached to an aromatic ring is 1. The third kappa shape index (κ3) is 3.01. The van der Waals surface area contributed by atoms with Crippen molar-refractivity contribution in [3.05, 3.63) is 29.5 Å². The van der Waals surface area contributed by atoms with E-state index in [0.717, 1.165) is 35.9 Å². The average Bonchev–Trinajstić information content (AvgIpc) is 2.65. The molecule has 6 nitrogen and oxygen atoms in total. The number of nitrogens with one attached hydrogen (secondary N) is 1. The van der Waals surface area contributed by atoms with Crippen LogP contribution in [-0.4, -0.2) is 19.7 Å². The van der Waals surface area contributed by atoms with Gasteiger partial charge in [-0.3, -0.25) is 9.97 Å². The highest BCUT2D eigenvalue weighted by atomic mass is 15.3. The van der Waals surface area contributed by atoms with Gasteiger partial charge < -0.3 is 11.1 Å². The zero-order valence-corrected chi connectivity index (χ0v) is 11.6. The van der Waals surface area contributed by atoms with E-state index >= 15 is 0 Å². The summed E-state index contributed by atoms with van der Waals surface area (Å²) < 4.78 is 1.91. The first-order valence-electron chi connectivity index (χ1n) is 6.46. The van der Waals surface area contributed by atoms with Crippen LogP contribution in [0.5, 0.6) is 0 Å². The van der Waals surface area contributed by atoms with E-state index in [0.29, 0.717) is 12.2 Å². The maximum Gasteiger partial charge on any atom is 0.148 e. The average molecular weight is 260 g/mol. The van der Waals surface area contributed by atoms with Crippen LogP contribution in [0.3, 0.4) is 0 Å². The minimum absolute atomic E-state index is 0.590. The number of hydrogen-bond donors (Lipinski definition) is 2. The van der Waals surface area contributed by atoms with Crippen LogP contribution in [0.1, 0.15) is 30.4 Å². The predicted octanol–water partition coefficient (Wildman–Crippen LogP) is 1.89. The largest absolute Gasteiger partial charge is 0.394 e. The van der Waals surface area contributed by atoms with Gasteiger partial charge in [-0.05, 0) is 20.3 Å². The van der Waals surface area contributed by atoms with E-state index in [1.807, 2.05) is 18.5 Å². The van der Waals surface area contributed by atoms with Crippen LogP contribution in [0.25, 0.3) is 0 Å². The van der Waals surface area contributed by atoms with Gasteiger partial charge in [0.2, 0.25) is 0 Å². The van der Waals surface area contributed by atoms with Gasteiger partial charge in [0, 0.05) is 12.7 Å². The quantitative estimate of drug-likeness (QED) is 0.858. The van der Waals surface area contributed by atoms with E-state index in [1.165, 1.54) is 0 Å². The maximum absolute atomic E-state index is 6.04. The predicted molar refractivity (Wildman–Crippen MR) is 75.8 cm³/mol. The van der Waals surface area contributed by atoms with Gasteiger partial charge in [-0.1, -0.05) is 6.92 Å². The van der Waals surface area contributed by atoms with Crippen molar-refractivity contribution in [2.75, 3.05) is 11.1 Å². The van der Waals surface area contributed by atoms with Gasteiger partial charge in [0.25, 0.3) is 0 Å². The molecule has 0 aromatic carbocycles. The molecular weight excluding hydrogens is 240 g/mol. The Morgan fingerprint density at radius 3 is 2.68 bits per heavy atom. The highest BCUT2D eigenvalue weighted by Crippen LogP contribution is 2.22. The molecule has 2 rings (SSSR count). The minimum Gasteiger partial charge on any atom is -0.394 e. The summed E-state index contributed by atoms with van der Waals surface area (Å²) in [4.78, 5) is 8.53. The van der Waals surface area contributed by atoms with Gasteiger partial charge >= 0.3 is 0 Å². The van der Waals surface area contributed by atoms with Crippen LogP contribution in [0.2, 0.25) is 0 Å². The number of aryl methyl sites for hydroxylation is 3. The summed E-state index contributed by atoms with van der Waals surface area (Å²) in [6.07, 6.45) is 4.54. The van der Waals surface area contributed by atoms with E-state index in [1.54, 1.807) is 12.4 Å². The molecule has 0 aliphatic rings. The molecule has 0 aliphatic carbocycles. The van der Waals surface area contributed by atoms with Crippen molar-refractivity contribution in [1.29, 1.82) is 0 Å². The molecule has 0 bridgehead atoms. The fourth-order valence-electron chi connectivity index (χ4n) is 1.84. The summed E-state index contributed by atoms with van der Waals surface area (Å²) in [5.41, 5.74) is 9.39. The van der Waals surface area contributed by atoms with Crippen molar-refractivity contribution in [2.45, 2.75) is 40.3 Å². The Morgan fingerprint density at radius 2 is 2.05 bits per heavy atom. The molecule has 102 valence electrons. The normalized spacial score (nSPS) is 10.7. The number of rotatable bonds is 5. The van der Waals surface area contributed by atoms with E-state index in [2.05, 4.69) is 27.3 Å². The molecule has 6 heteroatoms. The molecule has 2 heterocycles. The van der Waals surface area contributed by atoms with Crippen molar-refractivity contribution in [2.24, 2.45) is 0 Å². The summed E-state index contributed by atoms with van der Waals surface area (Å²) in [6, 6.07) is 0. The van der Waals surface area contributed by atoms with Gasteiger partial charge in [0.05, 0.1) is 35.5 Å². The molecule has 3 N–H and O–H groups in total. The van der Waals surface area contributed by atoms with Crippen LogP contribution >= 0.6 is 0 Å². The first kappa shape index (κ1) is 13.3. The van der Waals surface area contributed by atoms with Crippen LogP contribution < -0.4 is 11.1 Å². The third-order valence-electron chi connectivity index (χ3n) is 2.88. The molecule has 0 unspecified atom stereocenters. The van der Waals surface area contributed by atoms with Crippen LogP contribution in [0, 0.1) is 13.8 Å². The van der Waals surface area contributed by atoms with Crippen molar-refractivity contribution in [3.63, 3.8) is 0 Å². The molecule has 0 amide bonds. The lowest BCUT2D eigenvalue weighted by Gasteiger charge is -2.09. The number of nitrogens with two attached hydrogens (primary N) is 1. The van der Waals surface area contributed by atoms with Crippen LogP contribution in [-0.2, 0) is 13.1 Å². The van der Waals surface area contributed by atoms with Gasteiger partial charge in [0.1, 0.15) is 5.82 Å². The molecule has 0 saturated heterocycles. The van der Waals surface area contributed by atoms with Crippen molar-refractivity contribution >= 4 is 11.5 Å². The molecule has 0 aliphatic heterocycles. The van der Waals surface area contributed by atoms with Gasteiger partial charge in [-0.2, -0.15) is 5.10 Å². The minimum atomic E-state index is 0.590. The van der Waals surface area contributed by atoms with Crippen LogP contribution in [0.4, 0.5) is 11.5 Å². The monoisotopic (exact) mass is 260 g/mol. The number of aromatic nitrogens is 4. The highest BCUT2D eigenvalue weighted by molar-refractivity contribution is 5.64. The van der Waals surface area contributed by atoms with E-state index in [-0.39, 0.29) is 0 Å². The SMILES string of the molecule is CCCn1nc(C)c(N)c1NCc1cnc(C)cn1. The number of nitrogens with zero attached hydrogens (tertiary/aromatic N) is 4. The van der Waals surface area contributed by atoms with Crippen molar-refractivity contribution in [3.8, 4) is 0 Å². The Bertz CT molecular complexity index is 543. The summed E-state index contributed by atoms with van der Waals surface area (Å²) in [6.45, 7) is 7.38. The lowest BCUT2D eigenvalue weighted by molar-refractivity contribution is 0.602. The Balaban J connectivity index is 2.12. The van der Waals surface area contributed by atoms with Crippen molar-refractivity contribution in [1.82, 2.24) is 19.7 Å². The molecule has 0 fully saturated rings. The van der Waals surface area contributed by atoms with E-state index in [9.17, 15) is 0 Å². The summed E-state index contributed by atoms with van der Waals surface area (Å²) >= 11 is 0. The second kappa shape index (κ2) is 5.69. The topological polar surface area (TPSA) is 81.7 Å². The number of anilines is 2. The Kier molecular flexibility index (Phi) is 3.99. The smallest absolute Gasteiger partial charge is 0.148 e. The maximum atomic E-state index is 6.04. The van der Waals surface area contributed by atoms with E-state index < -0.39 is 0 Å². The second-order valence-electron chi connectivity index (χ2n) is 4.57. The Labute approximate surface area is 113 Å². The first-order valence-corrected chi connectivity index (χ1v) is 6.46. The van der Waals surface area contributed by atoms with Gasteiger partial charge in [-0.15, -0.1) is 0 Å². The second-order valence-corrected chi connectivity index (χ2v) is 4.57. The highest BCUT2D eigenvalue weighted by Gasteiger charge is 2.11. The fraction of sp³-hybridized carbons (Fsp3) is 0.462. The molecule has 0 saturated carbocycles. The standard InChI is InChI=1S/C13H20N6/c1-4-5-19-13(12(14)10(3)18-19)17-8-11-7-15-9(2)6-16-11/h6-7,17H,4-5,8,14H2,1-3H3. The molecule has 0 spiro atoms. The fourth-order valence-corrected chi connectivity index (χ4v) is 1.84. The van der Waals surface area contributed by atoms with Crippen molar-refractivity contribution < 1.29 is 0 Å². The van der Waals surface area contributed by atoms with Gasteiger partial charge in [0.15, 0.2) is 0 Å².